The van der Waals surface area contributed by atoms with Crippen LogP contribution < -0.4 is 0 Å². The van der Waals surface area contributed by atoms with E-state index in [4.69, 9.17) is 9.47 Å². The van der Waals surface area contributed by atoms with Crippen molar-refractivity contribution in [3.8, 4) is 0 Å². The first-order chi connectivity index (χ1) is 10.3. The SMILES string of the molecule is CCOC(=O)[C@@H](OC(C)(C)C)c1cc2ccccc2cc1C. The van der Waals surface area contributed by atoms with E-state index < -0.39 is 11.7 Å². The van der Waals surface area contributed by atoms with Crippen LogP contribution in [0.15, 0.2) is 36.4 Å². The van der Waals surface area contributed by atoms with Gasteiger partial charge in [0, 0.05) is 0 Å². The quantitative estimate of drug-likeness (QED) is 0.776. The van der Waals surface area contributed by atoms with Crippen molar-refractivity contribution in [2.75, 3.05) is 6.61 Å². The lowest BCUT2D eigenvalue weighted by molar-refractivity contribution is -0.166. The van der Waals surface area contributed by atoms with Crippen LogP contribution in [0.5, 0.6) is 0 Å². The first-order valence-electron chi connectivity index (χ1n) is 7.65. The lowest BCUT2D eigenvalue weighted by Gasteiger charge is -2.27. The van der Waals surface area contributed by atoms with Crippen molar-refractivity contribution in [3.63, 3.8) is 0 Å². The van der Waals surface area contributed by atoms with Gasteiger partial charge in [0.15, 0.2) is 6.10 Å². The minimum atomic E-state index is -0.704. The summed E-state index contributed by atoms with van der Waals surface area (Å²) in [6, 6.07) is 12.2. The number of benzene rings is 2. The molecule has 0 fully saturated rings. The van der Waals surface area contributed by atoms with Gasteiger partial charge in [0.2, 0.25) is 0 Å². The van der Waals surface area contributed by atoms with Crippen LogP contribution in [-0.2, 0) is 14.3 Å². The fraction of sp³-hybridized carbons (Fsp3) is 0.421. The number of hydrogen-bond acceptors (Lipinski definition) is 3. The van der Waals surface area contributed by atoms with Crippen LogP contribution in [0.2, 0.25) is 0 Å². The summed E-state index contributed by atoms with van der Waals surface area (Å²) in [6.07, 6.45) is -0.704. The zero-order chi connectivity index (χ0) is 16.3. The number of ether oxygens (including phenoxy) is 2. The third-order valence-electron chi connectivity index (χ3n) is 3.39. The summed E-state index contributed by atoms with van der Waals surface area (Å²) in [5.74, 6) is -0.337. The number of aryl methyl sites for hydroxylation is 1. The summed E-state index contributed by atoms with van der Waals surface area (Å²) in [6.45, 7) is 9.97. The molecule has 0 aliphatic rings. The molecule has 0 bridgehead atoms. The molecule has 0 aromatic heterocycles. The molecule has 0 radical (unpaired) electrons. The molecule has 3 heteroatoms. The monoisotopic (exact) mass is 300 g/mol. The molecule has 0 N–H and O–H groups in total. The van der Waals surface area contributed by atoms with E-state index in [-0.39, 0.29) is 5.97 Å². The smallest absolute Gasteiger partial charge is 0.339 e. The molecule has 0 aliphatic carbocycles. The summed E-state index contributed by atoms with van der Waals surface area (Å²) in [4.78, 5) is 12.4. The molecule has 3 nitrogen and oxygen atoms in total. The predicted octanol–water partition coefficient (Wildman–Crippen LogP) is 4.57. The summed E-state index contributed by atoms with van der Waals surface area (Å²) in [7, 11) is 0. The van der Waals surface area contributed by atoms with E-state index in [9.17, 15) is 4.79 Å². The fourth-order valence-electron chi connectivity index (χ4n) is 2.46. The van der Waals surface area contributed by atoms with Crippen molar-refractivity contribution in [1.82, 2.24) is 0 Å². The second-order valence-electron chi connectivity index (χ2n) is 6.42. The Kier molecular flexibility index (Phi) is 4.87. The average Bonchev–Trinajstić information content (AvgIpc) is 2.43. The van der Waals surface area contributed by atoms with Crippen LogP contribution in [0, 0.1) is 6.92 Å². The van der Waals surface area contributed by atoms with Crippen molar-refractivity contribution >= 4 is 16.7 Å². The van der Waals surface area contributed by atoms with Crippen molar-refractivity contribution in [3.05, 3.63) is 47.5 Å². The highest BCUT2D eigenvalue weighted by Crippen LogP contribution is 2.30. The van der Waals surface area contributed by atoms with Crippen molar-refractivity contribution in [2.45, 2.75) is 46.3 Å². The second kappa shape index (κ2) is 6.49. The number of fused-ring (bicyclic) bond motifs is 1. The van der Waals surface area contributed by atoms with Gasteiger partial charge in [0.1, 0.15) is 0 Å². The van der Waals surface area contributed by atoms with Gasteiger partial charge in [-0.15, -0.1) is 0 Å². The third kappa shape index (κ3) is 3.86. The van der Waals surface area contributed by atoms with E-state index in [1.807, 2.05) is 52.0 Å². The van der Waals surface area contributed by atoms with Gasteiger partial charge in [-0.25, -0.2) is 4.79 Å². The van der Waals surface area contributed by atoms with Crippen LogP contribution >= 0.6 is 0 Å². The van der Waals surface area contributed by atoms with E-state index in [1.165, 1.54) is 0 Å². The van der Waals surface area contributed by atoms with Gasteiger partial charge in [0.05, 0.1) is 12.2 Å². The number of esters is 1. The van der Waals surface area contributed by atoms with E-state index in [2.05, 4.69) is 12.1 Å². The van der Waals surface area contributed by atoms with Crippen molar-refractivity contribution in [2.24, 2.45) is 0 Å². The summed E-state index contributed by atoms with van der Waals surface area (Å²) in [5.41, 5.74) is 1.46. The largest absolute Gasteiger partial charge is 0.464 e. The Bertz CT molecular complexity index is 668. The van der Waals surface area contributed by atoms with E-state index >= 15 is 0 Å². The Morgan fingerprint density at radius 3 is 2.27 bits per heavy atom. The van der Waals surface area contributed by atoms with Crippen molar-refractivity contribution in [1.29, 1.82) is 0 Å². The molecule has 2 aromatic rings. The highest BCUT2D eigenvalue weighted by atomic mass is 16.6. The van der Waals surface area contributed by atoms with Crippen LogP contribution in [0.25, 0.3) is 10.8 Å². The fourth-order valence-corrected chi connectivity index (χ4v) is 2.46. The third-order valence-corrected chi connectivity index (χ3v) is 3.39. The Balaban J connectivity index is 2.50. The van der Waals surface area contributed by atoms with E-state index in [0.717, 1.165) is 21.9 Å². The number of carbonyl (C=O) groups excluding carboxylic acids is 1. The van der Waals surface area contributed by atoms with Crippen LogP contribution in [0.1, 0.15) is 44.9 Å². The molecule has 118 valence electrons. The van der Waals surface area contributed by atoms with Gasteiger partial charge in [0.25, 0.3) is 0 Å². The highest BCUT2D eigenvalue weighted by molar-refractivity contribution is 5.86. The Morgan fingerprint density at radius 2 is 1.73 bits per heavy atom. The Morgan fingerprint density at radius 1 is 1.14 bits per heavy atom. The summed E-state index contributed by atoms with van der Waals surface area (Å²) < 4.78 is 11.2. The first-order valence-corrected chi connectivity index (χ1v) is 7.65. The Labute approximate surface area is 132 Å². The molecule has 0 spiro atoms. The maximum Gasteiger partial charge on any atom is 0.339 e. The number of hydrogen-bond donors (Lipinski definition) is 0. The van der Waals surface area contributed by atoms with Gasteiger partial charge in [-0.3, -0.25) is 0 Å². The molecule has 0 amide bonds. The van der Waals surface area contributed by atoms with Gasteiger partial charge in [-0.2, -0.15) is 0 Å². The molecule has 0 aliphatic heterocycles. The van der Waals surface area contributed by atoms with Gasteiger partial charge >= 0.3 is 5.97 Å². The molecule has 2 rings (SSSR count). The minimum Gasteiger partial charge on any atom is -0.464 e. The second-order valence-corrected chi connectivity index (χ2v) is 6.42. The van der Waals surface area contributed by atoms with Gasteiger partial charge < -0.3 is 9.47 Å². The van der Waals surface area contributed by atoms with Crippen LogP contribution in [-0.4, -0.2) is 18.2 Å². The number of carbonyl (C=O) groups is 1. The van der Waals surface area contributed by atoms with Crippen LogP contribution in [0.4, 0.5) is 0 Å². The number of rotatable bonds is 4. The molecule has 1 atom stereocenters. The maximum absolute atomic E-state index is 12.4. The molecular weight excluding hydrogens is 276 g/mol. The molecule has 0 unspecified atom stereocenters. The van der Waals surface area contributed by atoms with E-state index in [1.54, 1.807) is 6.92 Å². The van der Waals surface area contributed by atoms with Gasteiger partial charge in [-0.1, -0.05) is 30.3 Å². The van der Waals surface area contributed by atoms with E-state index in [0.29, 0.717) is 6.61 Å². The molecular formula is C19H24O3. The standard InChI is InChI=1S/C19H24O3/c1-6-21-18(20)17(22-19(3,4)5)16-12-15-10-8-7-9-14(15)11-13(16)2/h7-12,17H,6H2,1-5H3/t17-/m0/s1. The summed E-state index contributed by atoms with van der Waals surface area (Å²) in [5, 5.41) is 2.25. The molecule has 2 aromatic carbocycles. The average molecular weight is 300 g/mol. The van der Waals surface area contributed by atoms with Gasteiger partial charge in [-0.05, 0) is 62.6 Å². The zero-order valence-corrected chi connectivity index (χ0v) is 14.0. The minimum absolute atomic E-state index is 0.337. The topological polar surface area (TPSA) is 35.5 Å². The molecule has 0 heterocycles. The molecule has 0 saturated heterocycles. The van der Waals surface area contributed by atoms with Crippen molar-refractivity contribution < 1.29 is 14.3 Å². The Hall–Kier alpha value is -1.87. The molecule has 0 saturated carbocycles. The highest BCUT2D eigenvalue weighted by Gasteiger charge is 2.29. The lowest BCUT2D eigenvalue weighted by atomic mass is 9.97. The lowest BCUT2D eigenvalue weighted by Crippen LogP contribution is -2.29. The predicted molar refractivity (Wildman–Crippen MR) is 88.9 cm³/mol. The molecule has 22 heavy (non-hydrogen) atoms. The first kappa shape index (κ1) is 16.5. The van der Waals surface area contributed by atoms with Crippen LogP contribution in [0.3, 0.4) is 0 Å². The maximum atomic E-state index is 12.4. The normalized spacial score (nSPS) is 13.1. The zero-order valence-electron chi connectivity index (χ0n) is 14.0. The summed E-state index contributed by atoms with van der Waals surface area (Å²) >= 11 is 0.